The fraction of sp³-hybridized carbons (Fsp3) is 0.486. The summed E-state index contributed by atoms with van der Waals surface area (Å²) in [7, 11) is 0. The molecule has 7 atom stereocenters. The molecule has 3 aliphatic heterocycles. The van der Waals surface area contributed by atoms with Crippen molar-refractivity contribution in [2.75, 3.05) is 32.8 Å². The third-order valence-electron chi connectivity index (χ3n) is 9.15. The molecule has 0 aromatic heterocycles. The van der Waals surface area contributed by atoms with Gasteiger partial charge in [-0.2, -0.15) is 0 Å². The van der Waals surface area contributed by atoms with Gasteiger partial charge in [0.25, 0.3) is 0 Å². The maximum absolute atomic E-state index is 10.5. The minimum atomic E-state index is -1.53. The molecule has 3 aromatic rings. The first-order valence-corrected chi connectivity index (χ1v) is 15.6. The van der Waals surface area contributed by atoms with E-state index < -0.39 is 42.9 Å². The van der Waals surface area contributed by atoms with Gasteiger partial charge in [0.05, 0.1) is 6.61 Å². The standard InChI is InChI=1S/C35H43NO8/c1-35(2)30(23-8-4-3-5-9-23)29(22-10-12-24(13-11-22)41-19-18-36-16-6-7-17-36)26-15-14-25(20-27(26)44-35)42-34-33(40)32(39)31(38)28(21-37)43-34/h3-5,8-15,20,28-34,37-40H,6-7,16-19,21H2,1-2H3/t28-,29+,30-,31-,32+,33-,34-/m1/s1. The van der Waals surface area contributed by atoms with Gasteiger partial charge in [-0.25, -0.2) is 0 Å². The van der Waals surface area contributed by atoms with Crippen molar-refractivity contribution in [1.82, 2.24) is 4.90 Å². The highest BCUT2D eigenvalue weighted by atomic mass is 16.7. The topological polar surface area (TPSA) is 121 Å². The molecule has 236 valence electrons. The van der Waals surface area contributed by atoms with Crippen LogP contribution in [0.15, 0.2) is 72.8 Å². The average molecular weight is 606 g/mol. The second-order valence-corrected chi connectivity index (χ2v) is 12.6. The van der Waals surface area contributed by atoms with Crippen LogP contribution in [0.3, 0.4) is 0 Å². The monoisotopic (exact) mass is 605 g/mol. The Bertz CT molecular complexity index is 1380. The van der Waals surface area contributed by atoms with Crippen LogP contribution in [0.2, 0.25) is 0 Å². The summed E-state index contributed by atoms with van der Waals surface area (Å²) in [5.41, 5.74) is 2.68. The van der Waals surface area contributed by atoms with Gasteiger partial charge in [0.1, 0.15) is 53.9 Å². The molecule has 0 aliphatic carbocycles. The summed E-state index contributed by atoms with van der Waals surface area (Å²) in [6, 6.07) is 24.3. The van der Waals surface area contributed by atoms with Gasteiger partial charge >= 0.3 is 0 Å². The normalized spacial score (nSPS) is 29.9. The molecule has 2 fully saturated rings. The molecule has 9 heteroatoms. The van der Waals surface area contributed by atoms with Crippen molar-refractivity contribution < 1.29 is 39.4 Å². The Hall–Kier alpha value is -3.18. The van der Waals surface area contributed by atoms with E-state index in [4.69, 9.17) is 18.9 Å². The molecular formula is C35H43NO8. The highest BCUT2D eigenvalue weighted by Crippen LogP contribution is 2.53. The van der Waals surface area contributed by atoms with Crippen molar-refractivity contribution in [3.05, 3.63) is 89.5 Å². The molecule has 6 rings (SSSR count). The van der Waals surface area contributed by atoms with Crippen LogP contribution in [0, 0.1) is 0 Å². The van der Waals surface area contributed by atoms with Gasteiger partial charge in [-0.1, -0.05) is 48.5 Å². The molecular weight excluding hydrogens is 562 g/mol. The Morgan fingerprint density at radius 1 is 0.841 bits per heavy atom. The quantitative estimate of drug-likeness (QED) is 0.291. The Labute approximate surface area is 258 Å². The number of rotatable bonds is 9. The number of nitrogens with zero attached hydrogens (tertiary/aromatic N) is 1. The van der Waals surface area contributed by atoms with Crippen LogP contribution in [0.4, 0.5) is 0 Å². The Morgan fingerprint density at radius 2 is 1.55 bits per heavy atom. The maximum atomic E-state index is 10.5. The summed E-state index contributed by atoms with van der Waals surface area (Å²) in [6.45, 7) is 7.54. The van der Waals surface area contributed by atoms with E-state index in [9.17, 15) is 20.4 Å². The average Bonchev–Trinajstić information content (AvgIpc) is 3.54. The fourth-order valence-corrected chi connectivity index (χ4v) is 6.86. The summed E-state index contributed by atoms with van der Waals surface area (Å²) in [6.07, 6.45) is -4.31. The summed E-state index contributed by atoms with van der Waals surface area (Å²) < 4.78 is 24.3. The van der Waals surface area contributed by atoms with Crippen molar-refractivity contribution >= 4 is 0 Å². The molecule has 3 aromatic carbocycles. The number of benzene rings is 3. The predicted octanol–water partition coefficient (Wildman–Crippen LogP) is 3.43. The van der Waals surface area contributed by atoms with Gasteiger partial charge in [-0.3, -0.25) is 4.90 Å². The molecule has 0 unspecified atom stereocenters. The molecule has 0 radical (unpaired) electrons. The number of fused-ring (bicyclic) bond motifs is 1. The van der Waals surface area contributed by atoms with E-state index in [1.165, 1.54) is 18.4 Å². The molecule has 44 heavy (non-hydrogen) atoms. The lowest BCUT2D eigenvalue weighted by atomic mass is 9.68. The molecule has 0 bridgehead atoms. The smallest absolute Gasteiger partial charge is 0.229 e. The zero-order valence-corrected chi connectivity index (χ0v) is 25.3. The number of aliphatic hydroxyl groups is 4. The number of likely N-dealkylation sites (tertiary alicyclic amines) is 1. The van der Waals surface area contributed by atoms with Crippen molar-refractivity contribution in [1.29, 1.82) is 0 Å². The number of hydrogen-bond donors (Lipinski definition) is 4. The third-order valence-corrected chi connectivity index (χ3v) is 9.15. The summed E-state index contributed by atoms with van der Waals surface area (Å²) >= 11 is 0. The van der Waals surface area contributed by atoms with Gasteiger partial charge in [0.2, 0.25) is 6.29 Å². The minimum Gasteiger partial charge on any atom is -0.492 e. The maximum Gasteiger partial charge on any atom is 0.229 e. The molecule has 3 aliphatic rings. The molecule has 9 nitrogen and oxygen atoms in total. The molecule has 0 spiro atoms. The summed E-state index contributed by atoms with van der Waals surface area (Å²) in [5.74, 6) is 1.80. The van der Waals surface area contributed by atoms with Crippen molar-refractivity contribution in [3.63, 3.8) is 0 Å². The lowest BCUT2D eigenvalue weighted by Crippen LogP contribution is -2.60. The molecule has 4 N–H and O–H groups in total. The van der Waals surface area contributed by atoms with E-state index in [1.807, 2.05) is 36.4 Å². The van der Waals surface area contributed by atoms with E-state index in [0.717, 1.165) is 36.5 Å². The Balaban J connectivity index is 1.28. The zero-order chi connectivity index (χ0) is 30.8. The zero-order valence-electron chi connectivity index (χ0n) is 25.3. The molecule has 3 heterocycles. The molecule has 0 saturated carbocycles. The van der Waals surface area contributed by atoms with Crippen molar-refractivity contribution in [2.45, 2.75) is 74.8 Å². The highest BCUT2D eigenvalue weighted by molar-refractivity contribution is 5.52. The van der Waals surface area contributed by atoms with E-state index in [2.05, 4.69) is 43.0 Å². The van der Waals surface area contributed by atoms with Crippen LogP contribution in [-0.2, 0) is 4.74 Å². The first-order valence-electron chi connectivity index (χ1n) is 15.6. The minimum absolute atomic E-state index is 0.00431. The van der Waals surface area contributed by atoms with Crippen LogP contribution >= 0.6 is 0 Å². The summed E-state index contributed by atoms with van der Waals surface area (Å²) in [5, 5.41) is 40.4. The lowest BCUT2D eigenvalue weighted by molar-refractivity contribution is -0.277. The van der Waals surface area contributed by atoms with Crippen LogP contribution < -0.4 is 14.2 Å². The summed E-state index contributed by atoms with van der Waals surface area (Å²) in [4.78, 5) is 2.44. The van der Waals surface area contributed by atoms with Crippen LogP contribution in [0.25, 0.3) is 0 Å². The predicted molar refractivity (Wildman–Crippen MR) is 164 cm³/mol. The van der Waals surface area contributed by atoms with Gasteiger partial charge in [-0.05, 0) is 69.1 Å². The second-order valence-electron chi connectivity index (χ2n) is 12.6. The lowest BCUT2D eigenvalue weighted by Gasteiger charge is -2.46. The third kappa shape index (κ3) is 6.31. The number of ether oxygens (including phenoxy) is 4. The number of aliphatic hydroxyl groups excluding tert-OH is 4. The van der Waals surface area contributed by atoms with E-state index in [-0.39, 0.29) is 11.8 Å². The van der Waals surface area contributed by atoms with Crippen molar-refractivity contribution in [3.8, 4) is 17.2 Å². The number of hydrogen-bond acceptors (Lipinski definition) is 9. The van der Waals surface area contributed by atoms with Crippen molar-refractivity contribution in [2.24, 2.45) is 0 Å². The first-order chi connectivity index (χ1) is 21.2. The molecule has 2 saturated heterocycles. The Morgan fingerprint density at radius 3 is 2.25 bits per heavy atom. The second kappa shape index (κ2) is 13.0. The van der Waals surface area contributed by atoms with Gasteiger partial charge < -0.3 is 39.4 Å². The highest BCUT2D eigenvalue weighted by Gasteiger charge is 2.47. The van der Waals surface area contributed by atoms with E-state index in [0.29, 0.717) is 18.1 Å². The Kier molecular flexibility index (Phi) is 9.14. The van der Waals surface area contributed by atoms with E-state index in [1.54, 1.807) is 12.1 Å². The van der Waals surface area contributed by atoms with Crippen LogP contribution in [0.1, 0.15) is 55.2 Å². The SMILES string of the molecule is CC1(C)Oc2cc(O[C@@H]3O[C@H](CO)[C@@H](O)[C@H](O)[C@H]3O)ccc2[C@H](c2ccc(OCCN3CCCC3)cc2)[C@H]1c1ccccc1. The van der Waals surface area contributed by atoms with Gasteiger partial charge in [-0.15, -0.1) is 0 Å². The van der Waals surface area contributed by atoms with Crippen LogP contribution in [-0.4, -0.2) is 94.5 Å². The van der Waals surface area contributed by atoms with Crippen LogP contribution in [0.5, 0.6) is 17.2 Å². The van der Waals surface area contributed by atoms with E-state index >= 15 is 0 Å². The molecule has 0 amide bonds. The van der Waals surface area contributed by atoms with Gasteiger partial charge in [0, 0.05) is 30.0 Å². The first kappa shape index (κ1) is 30.8. The fourth-order valence-electron chi connectivity index (χ4n) is 6.86. The largest absolute Gasteiger partial charge is 0.492 e. The van der Waals surface area contributed by atoms with Gasteiger partial charge in [0.15, 0.2) is 0 Å².